The Bertz CT molecular complexity index is 498. The van der Waals surface area contributed by atoms with Gasteiger partial charge in [-0.05, 0) is 26.3 Å². The van der Waals surface area contributed by atoms with Crippen LogP contribution in [0, 0.1) is 6.92 Å². The van der Waals surface area contributed by atoms with Crippen molar-refractivity contribution in [1.82, 2.24) is 19.7 Å². The minimum atomic E-state index is 0.606. The fourth-order valence-corrected chi connectivity index (χ4v) is 1.74. The molecule has 1 N–H and O–H groups in total. The Labute approximate surface area is 112 Å². The van der Waals surface area contributed by atoms with Crippen molar-refractivity contribution in [2.45, 2.75) is 26.8 Å². The molecular formula is C13H19N5O. The number of anilines is 1. The highest BCUT2D eigenvalue weighted by molar-refractivity contribution is 5.38. The molecule has 0 spiro atoms. The fraction of sp³-hybridized carbons (Fsp3) is 0.462. The summed E-state index contributed by atoms with van der Waals surface area (Å²) >= 11 is 0. The summed E-state index contributed by atoms with van der Waals surface area (Å²) in [6.07, 6.45) is 4.73. The van der Waals surface area contributed by atoms with Gasteiger partial charge in [0.1, 0.15) is 11.6 Å². The van der Waals surface area contributed by atoms with Crippen molar-refractivity contribution in [2.75, 3.05) is 18.5 Å². The van der Waals surface area contributed by atoms with Crippen LogP contribution >= 0.6 is 0 Å². The van der Waals surface area contributed by atoms with E-state index in [1.807, 2.05) is 36.9 Å². The largest absolute Gasteiger partial charge is 0.478 e. The zero-order chi connectivity index (χ0) is 13.5. The lowest BCUT2D eigenvalue weighted by Gasteiger charge is -2.08. The molecule has 0 saturated heterocycles. The number of hydrogen-bond acceptors (Lipinski definition) is 5. The van der Waals surface area contributed by atoms with Gasteiger partial charge in [-0.2, -0.15) is 10.1 Å². The van der Waals surface area contributed by atoms with Gasteiger partial charge in [0.2, 0.25) is 5.88 Å². The molecule has 0 aromatic carbocycles. The number of aryl methyl sites for hydroxylation is 2. The Kier molecular flexibility index (Phi) is 4.72. The molecule has 0 unspecified atom stereocenters. The summed E-state index contributed by atoms with van der Waals surface area (Å²) in [5, 5.41) is 7.43. The summed E-state index contributed by atoms with van der Waals surface area (Å²) in [6, 6.07) is 3.75. The van der Waals surface area contributed by atoms with Crippen LogP contribution in [-0.4, -0.2) is 32.9 Å². The van der Waals surface area contributed by atoms with Gasteiger partial charge >= 0.3 is 0 Å². The van der Waals surface area contributed by atoms with Crippen molar-refractivity contribution in [3.63, 3.8) is 0 Å². The predicted octanol–water partition coefficient (Wildman–Crippen LogP) is 1.88. The SMILES string of the molecule is CCOc1cc(NCCCn2cccn2)nc(C)n1. The predicted molar refractivity (Wildman–Crippen MR) is 73.3 cm³/mol. The molecule has 0 bridgehead atoms. The van der Waals surface area contributed by atoms with Crippen LogP contribution in [0.4, 0.5) is 5.82 Å². The lowest BCUT2D eigenvalue weighted by Crippen LogP contribution is -2.09. The highest BCUT2D eigenvalue weighted by Crippen LogP contribution is 2.13. The van der Waals surface area contributed by atoms with E-state index >= 15 is 0 Å². The third kappa shape index (κ3) is 4.24. The third-order valence-electron chi connectivity index (χ3n) is 2.54. The highest BCUT2D eigenvalue weighted by atomic mass is 16.5. The van der Waals surface area contributed by atoms with Crippen LogP contribution in [0.2, 0.25) is 0 Å². The van der Waals surface area contributed by atoms with E-state index in [1.165, 1.54) is 0 Å². The topological polar surface area (TPSA) is 64.9 Å². The van der Waals surface area contributed by atoms with Crippen molar-refractivity contribution in [1.29, 1.82) is 0 Å². The molecule has 0 fully saturated rings. The molecular weight excluding hydrogens is 242 g/mol. The van der Waals surface area contributed by atoms with Crippen LogP contribution in [0.15, 0.2) is 24.5 Å². The maximum absolute atomic E-state index is 5.39. The van der Waals surface area contributed by atoms with E-state index in [-0.39, 0.29) is 0 Å². The van der Waals surface area contributed by atoms with E-state index in [2.05, 4.69) is 20.4 Å². The van der Waals surface area contributed by atoms with Gasteiger partial charge < -0.3 is 10.1 Å². The van der Waals surface area contributed by atoms with Crippen LogP contribution in [0.1, 0.15) is 19.2 Å². The summed E-state index contributed by atoms with van der Waals surface area (Å²) in [4.78, 5) is 8.53. The Morgan fingerprint density at radius 2 is 2.26 bits per heavy atom. The van der Waals surface area contributed by atoms with E-state index in [0.717, 1.165) is 25.3 Å². The molecule has 0 saturated carbocycles. The number of ether oxygens (including phenoxy) is 1. The van der Waals surface area contributed by atoms with Gasteiger partial charge in [-0.1, -0.05) is 0 Å². The summed E-state index contributed by atoms with van der Waals surface area (Å²) < 4.78 is 7.30. The molecule has 0 aliphatic carbocycles. The number of aromatic nitrogens is 4. The van der Waals surface area contributed by atoms with Crippen LogP contribution in [0.5, 0.6) is 5.88 Å². The van der Waals surface area contributed by atoms with Crippen LogP contribution in [0.3, 0.4) is 0 Å². The van der Waals surface area contributed by atoms with Crippen LogP contribution in [-0.2, 0) is 6.54 Å². The van der Waals surface area contributed by atoms with E-state index in [0.29, 0.717) is 18.3 Å². The molecule has 102 valence electrons. The third-order valence-corrected chi connectivity index (χ3v) is 2.54. The van der Waals surface area contributed by atoms with E-state index in [4.69, 9.17) is 4.74 Å². The first-order chi connectivity index (χ1) is 9.28. The molecule has 2 heterocycles. The quantitative estimate of drug-likeness (QED) is 0.771. The number of rotatable bonds is 7. The second-order valence-corrected chi connectivity index (χ2v) is 4.12. The second-order valence-electron chi connectivity index (χ2n) is 4.12. The van der Waals surface area contributed by atoms with Gasteiger partial charge in [-0.25, -0.2) is 4.98 Å². The summed E-state index contributed by atoms with van der Waals surface area (Å²) in [5.41, 5.74) is 0. The smallest absolute Gasteiger partial charge is 0.218 e. The minimum Gasteiger partial charge on any atom is -0.478 e. The first kappa shape index (κ1) is 13.3. The van der Waals surface area contributed by atoms with Crippen LogP contribution in [0.25, 0.3) is 0 Å². The zero-order valence-corrected chi connectivity index (χ0v) is 11.3. The number of hydrogen-bond donors (Lipinski definition) is 1. The van der Waals surface area contributed by atoms with Gasteiger partial charge in [0, 0.05) is 31.5 Å². The monoisotopic (exact) mass is 261 g/mol. The Balaban J connectivity index is 1.81. The summed E-state index contributed by atoms with van der Waals surface area (Å²) in [6.45, 7) is 6.13. The van der Waals surface area contributed by atoms with E-state index in [9.17, 15) is 0 Å². The van der Waals surface area contributed by atoms with Gasteiger partial charge in [0.05, 0.1) is 6.61 Å². The average molecular weight is 261 g/mol. The standard InChI is InChI=1S/C13H19N5O/c1-3-19-13-10-12(16-11(2)17-13)14-6-4-8-18-9-5-7-15-18/h5,7,9-10H,3-4,6,8H2,1-2H3,(H,14,16,17). The molecule has 0 amide bonds. The van der Waals surface area contributed by atoms with Gasteiger partial charge in [-0.3, -0.25) is 4.68 Å². The second kappa shape index (κ2) is 6.72. The van der Waals surface area contributed by atoms with E-state index < -0.39 is 0 Å². The first-order valence-electron chi connectivity index (χ1n) is 6.47. The fourth-order valence-electron chi connectivity index (χ4n) is 1.74. The maximum Gasteiger partial charge on any atom is 0.218 e. The molecule has 2 aromatic rings. The number of nitrogens with zero attached hydrogens (tertiary/aromatic N) is 4. The van der Waals surface area contributed by atoms with Gasteiger partial charge in [0.15, 0.2) is 0 Å². The average Bonchev–Trinajstić information content (AvgIpc) is 2.87. The summed E-state index contributed by atoms with van der Waals surface area (Å²) in [7, 11) is 0. The molecule has 2 rings (SSSR count). The van der Waals surface area contributed by atoms with Crippen molar-refractivity contribution in [2.24, 2.45) is 0 Å². The van der Waals surface area contributed by atoms with Crippen LogP contribution < -0.4 is 10.1 Å². The molecule has 6 nitrogen and oxygen atoms in total. The Hall–Kier alpha value is -2.11. The lowest BCUT2D eigenvalue weighted by atomic mass is 10.4. The zero-order valence-electron chi connectivity index (χ0n) is 11.3. The molecule has 0 aliphatic heterocycles. The van der Waals surface area contributed by atoms with E-state index in [1.54, 1.807) is 6.20 Å². The van der Waals surface area contributed by atoms with Crippen molar-refractivity contribution in [3.8, 4) is 5.88 Å². The highest BCUT2D eigenvalue weighted by Gasteiger charge is 2.02. The lowest BCUT2D eigenvalue weighted by molar-refractivity contribution is 0.325. The molecule has 0 radical (unpaired) electrons. The number of nitrogens with one attached hydrogen (secondary N) is 1. The molecule has 6 heteroatoms. The van der Waals surface area contributed by atoms with Crippen molar-refractivity contribution in [3.05, 3.63) is 30.4 Å². The summed E-state index contributed by atoms with van der Waals surface area (Å²) in [5.74, 6) is 2.13. The molecule has 0 atom stereocenters. The van der Waals surface area contributed by atoms with Crippen molar-refractivity contribution >= 4 is 5.82 Å². The molecule has 19 heavy (non-hydrogen) atoms. The van der Waals surface area contributed by atoms with Crippen molar-refractivity contribution < 1.29 is 4.74 Å². The first-order valence-corrected chi connectivity index (χ1v) is 6.47. The Morgan fingerprint density at radius 1 is 1.37 bits per heavy atom. The van der Waals surface area contributed by atoms with Gasteiger partial charge in [-0.15, -0.1) is 0 Å². The molecule has 2 aromatic heterocycles. The minimum absolute atomic E-state index is 0.606. The molecule has 0 aliphatic rings. The Morgan fingerprint density at radius 3 is 3.00 bits per heavy atom. The normalized spacial score (nSPS) is 10.4. The maximum atomic E-state index is 5.39. The van der Waals surface area contributed by atoms with Gasteiger partial charge in [0.25, 0.3) is 0 Å².